The second-order valence-electron chi connectivity index (χ2n) is 5.89. The fraction of sp³-hybridized carbons (Fsp3) is 0.333. The maximum absolute atomic E-state index is 3.73. The van der Waals surface area contributed by atoms with Crippen LogP contribution in [-0.4, -0.2) is 12.1 Å². The Hall–Kier alpha value is -1.96. The molecular formula is C18H20N2. The molecule has 0 aliphatic carbocycles. The molecule has 2 nitrogen and oxygen atoms in total. The molecule has 2 aromatic rings. The molecule has 2 aliphatic rings. The number of aryl methyl sites for hydroxylation is 2. The Morgan fingerprint density at radius 1 is 0.650 bits per heavy atom. The number of anilines is 2. The highest BCUT2D eigenvalue weighted by atomic mass is 15.0. The molecule has 0 fully saturated rings. The molecule has 2 heterocycles. The topological polar surface area (TPSA) is 24.1 Å². The van der Waals surface area contributed by atoms with Crippen molar-refractivity contribution in [1.82, 2.24) is 0 Å². The van der Waals surface area contributed by atoms with Crippen molar-refractivity contribution in [2.24, 2.45) is 0 Å². The van der Waals surface area contributed by atoms with Gasteiger partial charge in [0.1, 0.15) is 0 Å². The Morgan fingerprint density at radius 2 is 1.10 bits per heavy atom. The highest BCUT2D eigenvalue weighted by molar-refractivity contribution is 5.57. The van der Waals surface area contributed by atoms with E-state index in [4.69, 9.17) is 0 Å². The predicted octanol–water partition coefficient (Wildman–Crippen LogP) is 3.84. The fourth-order valence-electron chi connectivity index (χ4n) is 3.53. The highest BCUT2D eigenvalue weighted by Crippen LogP contribution is 2.31. The molecule has 2 unspecified atom stereocenters. The quantitative estimate of drug-likeness (QED) is 0.817. The van der Waals surface area contributed by atoms with Crippen molar-refractivity contribution in [3.05, 3.63) is 59.7 Å². The third kappa shape index (κ3) is 2.05. The van der Waals surface area contributed by atoms with Crippen LogP contribution in [0, 0.1) is 0 Å². The van der Waals surface area contributed by atoms with Crippen LogP contribution in [0.15, 0.2) is 48.5 Å². The minimum atomic E-state index is 0.540. The molecule has 2 heteroatoms. The van der Waals surface area contributed by atoms with Gasteiger partial charge in [-0.25, -0.2) is 0 Å². The lowest BCUT2D eigenvalue weighted by molar-refractivity contribution is 0.501. The van der Waals surface area contributed by atoms with Crippen molar-refractivity contribution in [2.75, 3.05) is 10.6 Å². The van der Waals surface area contributed by atoms with Crippen molar-refractivity contribution >= 4 is 11.4 Å². The average Bonchev–Trinajstić information content (AvgIpc) is 2.54. The molecule has 0 amide bonds. The molecule has 0 saturated heterocycles. The molecule has 4 rings (SSSR count). The summed E-state index contributed by atoms with van der Waals surface area (Å²) in [6.07, 6.45) is 4.81. The molecule has 0 aromatic heterocycles. The van der Waals surface area contributed by atoms with Gasteiger partial charge in [-0.2, -0.15) is 0 Å². The van der Waals surface area contributed by atoms with Gasteiger partial charge in [0.25, 0.3) is 0 Å². The average molecular weight is 264 g/mol. The summed E-state index contributed by atoms with van der Waals surface area (Å²) in [6.45, 7) is 0. The fourth-order valence-corrected chi connectivity index (χ4v) is 3.53. The number of para-hydroxylation sites is 2. The molecule has 0 saturated carbocycles. The molecule has 20 heavy (non-hydrogen) atoms. The Bertz CT molecular complexity index is 565. The van der Waals surface area contributed by atoms with Gasteiger partial charge in [0, 0.05) is 23.5 Å². The second kappa shape index (κ2) is 4.86. The first-order chi connectivity index (χ1) is 9.90. The van der Waals surface area contributed by atoms with Crippen molar-refractivity contribution in [1.29, 1.82) is 0 Å². The van der Waals surface area contributed by atoms with Gasteiger partial charge in [-0.05, 0) is 48.9 Å². The van der Waals surface area contributed by atoms with Crippen LogP contribution in [-0.2, 0) is 12.8 Å². The van der Waals surface area contributed by atoms with E-state index in [-0.39, 0.29) is 0 Å². The normalized spacial score (nSPS) is 24.0. The van der Waals surface area contributed by atoms with Crippen LogP contribution in [0.5, 0.6) is 0 Å². The van der Waals surface area contributed by atoms with Gasteiger partial charge in [-0.3, -0.25) is 0 Å². The molecule has 2 N–H and O–H groups in total. The van der Waals surface area contributed by atoms with Gasteiger partial charge >= 0.3 is 0 Å². The maximum Gasteiger partial charge on any atom is 0.0466 e. The standard InChI is InChI=1S/C18H20N2/c1-3-7-15-13(5-1)9-11-17(19-15)18-12-10-14-6-2-4-8-16(14)20-18/h1-8,17-20H,9-12H2. The molecule has 0 radical (unpaired) electrons. The molecule has 102 valence electrons. The lowest BCUT2D eigenvalue weighted by Gasteiger charge is -2.37. The molecule has 0 bridgehead atoms. The Labute approximate surface area is 120 Å². The van der Waals surface area contributed by atoms with Crippen LogP contribution >= 0.6 is 0 Å². The smallest absolute Gasteiger partial charge is 0.0466 e. The third-order valence-electron chi connectivity index (χ3n) is 4.65. The van der Waals surface area contributed by atoms with Crippen LogP contribution in [0.25, 0.3) is 0 Å². The first kappa shape index (κ1) is 11.8. The summed E-state index contributed by atoms with van der Waals surface area (Å²) in [5.41, 5.74) is 5.56. The van der Waals surface area contributed by atoms with E-state index in [0.717, 1.165) is 0 Å². The monoisotopic (exact) mass is 264 g/mol. The van der Waals surface area contributed by atoms with Gasteiger partial charge in [-0.15, -0.1) is 0 Å². The van der Waals surface area contributed by atoms with Crippen LogP contribution in [0.2, 0.25) is 0 Å². The minimum absolute atomic E-state index is 0.540. The number of benzene rings is 2. The lowest BCUT2D eigenvalue weighted by atomic mass is 9.88. The Balaban J connectivity index is 1.53. The van der Waals surface area contributed by atoms with Gasteiger partial charge < -0.3 is 10.6 Å². The van der Waals surface area contributed by atoms with Gasteiger partial charge in [0.2, 0.25) is 0 Å². The van der Waals surface area contributed by atoms with Crippen molar-refractivity contribution in [3.63, 3.8) is 0 Å². The number of rotatable bonds is 1. The predicted molar refractivity (Wildman–Crippen MR) is 84.3 cm³/mol. The zero-order valence-electron chi connectivity index (χ0n) is 11.6. The van der Waals surface area contributed by atoms with E-state index in [1.807, 2.05) is 0 Å². The van der Waals surface area contributed by atoms with Gasteiger partial charge in [-0.1, -0.05) is 36.4 Å². The van der Waals surface area contributed by atoms with Crippen LogP contribution in [0.3, 0.4) is 0 Å². The van der Waals surface area contributed by atoms with Crippen LogP contribution in [0.4, 0.5) is 11.4 Å². The summed E-state index contributed by atoms with van der Waals surface area (Å²) in [4.78, 5) is 0. The summed E-state index contributed by atoms with van der Waals surface area (Å²) in [7, 11) is 0. The first-order valence-electron chi connectivity index (χ1n) is 7.59. The molecule has 2 aliphatic heterocycles. The van der Waals surface area contributed by atoms with Crippen molar-refractivity contribution in [2.45, 2.75) is 37.8 Å². The van der Waals surface area contributed by atoms with E-state index < -0.39 is 0 Å². The van der Waals surface area contributed by atoms with Gasteiger partial charge in [0.05, 0.1) is 0 Å². The Kier molecular flexibility index (Phi) is 2.87. The summed E-state index contributed by atoms with van der Waals surface area (Å²) >= 11 is 0. The zero-order chi connectivity index (χ0) is 13.4. The SMILES string of the molecule is c1ccc2c(c1)CCC(C1CCc3ccccc3N1)N2. The maximum atomic E-state index is 3.73. The Morgan fingerprint density at radius 3 is 1.60 bits per heavy atom. The summed E-state index contributed by atoms with van der Waals surface area (Å²) < 4.78 is 0. The van der Waals surface area contributed by atoms with Crippen molar-refractivity contribution < 1.29 is 0 Å². The van der Waals surface area contributed by atoms with Crippen LogP contribution in [0.1, 0.15) is 24.0 Å². The largest absolute Gasteiger partial charge is 0.380 e. The first-order valence-corrected chi connectivity index (χ1v) is 7.59. The van der Waals surface area contributed by atoms with E-state index >= 15 is 0 Å². The van der Waals surface area contributed by atoms with E-state index in [0.29, 0.717) is 12.1 Å². The molecular weight excluding hydrogens is 244 g/mol. The van der Waals surface area contributed by atoms with E-state index in [2.05, 4.69) is 59.2 Å². The third-order valence-corrected chi connectivity index (χ3v) is 4.65. The second-order valence-corrected chi connectivity index (χ2v) is 5.89. The molecule has 0 spiro atoms. The molecule has 2 atom stereocenters. The van der Waals surface area contributed by atoms with E-state index in [9.17, 15) is 0 Å². The summed E-state index contributed by atoms with van der Waals surface area (Å²) in [5.74, 6) is 0. The van der Waals surface area contributed by atoms with E-state index in [1.54, 1.807) is 0 Å². The summed E-state index contributed by atoms with van der Waals surface area (Å²) in [6, 6.07) is 18.5. The number of fused-ring (bicyclic) bond motifs is 2. The molecule has 2 aromatic carbocycles. The lowest BCUT2D eigenvalue weighted by Crippen LogP contribution is -2.43. The highest BCUT2D eigenvalue weighted by Gasteiger charge is 2.28. The van der Waals surface area contributed by atoms with E-state index in [1.165, 1.54) is 48.2 Å². The zero-order valence-corrected chi connectivity index (χ0v) is 11.6. The van der Waals surface area contributed by atoms with Gasteiger partial charge in [0.15, 0.2) is 0 Å². The number of hydrogen-bond acceptors (Lipinski definition) is 2. The minimum Gasteiger partial charge on any atom is -0.380 e. The van der Waals surface area contributed by atoms with Crippen molar-refractivity contribution in [3.8, 4) is 0 Å². The van der Waals surface area contributed by atoms with Crippen LogP contribution < -0.4 is 10.6 Å². The number of hydrogen-bond donors (Lipinski definition) is 2. The summed E-state index contributed by atoms with van der Waals surface area (Å²) in [5, 5.41) is 7.47. The number of nitrogens with one attached hydrogen (secondary N) is 2.